The van der Waals surface area contributed by atoms with E-state index < -0.39 is 0 Å². The minimum absolute atomic E-state index is 0.590. The molecule has 0 saturated carbocycles. The van der Waals surface area contributed by atoms with Crippen LogP contribution in [0.5, 0.6) is 5.75 Å². The van der Waals surface area contributed by atoms with Gasteiger partial charge < -0.3 is 10.1 Å². The maximum atomic E-state index is 6.26. The van der Waals surface area contributed by atoms with E-state index in [-0.39, 0.29) is 0 Å². The predicted molar refractivity (Wildman–Crippen MR) is 95.1 cm³/mol. The quantitative estimate of drug-likeness (QED) is 0.479. The Hall–Kier alpha value is -0.700. The molecule has 22 heavy (non-hydrogen) atoms. The summed E-state index contributed by atoms with van der Waals surface area (Å²) in [5.74, 6) is 0.761. The molecule has 4 heteroatoms. The van der Waals surface area contributed by atoms with Crippen molar-refractivity contribution in [3.63, 3.8) is 0 Å². The highest BCUT2D eigenvalue weighted by Crippen LogP contribution is 2.32. The molecule has 0 radical (unpaired) electrons. The van der Waals surface area contributed by atoms with Crippen LogP contribution in [0, 0.1) is 0 Å². The van der Waals surface area contributed by atoms with Gasteiger partial charge in [0.2, 0.25) is 0 Å². The van der Waals surface area contributed by atoms with Crippen LogP contribution in [0.1, 0.15) is 51.0 Å². The Morgan fingerprint density at radius 3 is 2.82 bits per heavy atom. The second-order valence-corrected chi connectivity index (χ2v) is 6.60. The number of benzene rings is 1. The van der Waals surface area contributed by atoms with Crippen LogP contribution in [0.4, 0.5) is 0 Å². The molecule has 1 aliphatic rings. The van der Waals surface area contributed by atoms with E-state index in [0.717, 1.165) is 37.2 Å². The fourth-order valence-electron chi connectivity index (χ4n) is 2.71. The highest BCUT2D eigenvalue weighted by Gasteiger charge is 2.11. The summed E-state index contributed by atoms with van der Waals surface area (Å²) in [7, 11) is 0. The van der Waals surface area contributed by atoms with Gasteiger partial charge in [-0.3, -0.25) is 0 Å². The number of hydrogen-bond donors (Lipinski definition) is 1. The van der Waals surface area contributed by atoms with Crippen LogP contribution in [0.2, 0.25) is 10.0 Å². The molecule has 2 nitrogen and oxygen atoms in total. The molecule has 0 unspecified atom stereocenters. The summed E-state index contributed by atoms with van der Waals surface area (Å²) in [5, 5.41) is 4.73. The van der Waals surface area contributed by atoms with E-state index in [2.05, 4.69) is 18.3 Å². The Kier molecular flexibility index (Phi) is 7.57. The molecule has 0 atom stereocenters. The lowest BCUT2D eigenvalue weighted by atomic mass is 9.97. The van der Waals surface area contributed by atoms with Crippen molar-refractivity contribution in [2.24, 2.45) is 0 Å². The molecule has 1 aromatic carbocycles. The van der Waals surface area contributed by atoms with Crippen LogP contribution in [0.25, 0.3) is 0 Å². The van der Waals surface area contributed by atoms with Gasteiger partial charge in [0.25, 0.3) is 0 Å². The zero-order chi connectivity index (χ0) is 15.8. The maximum Gasteiger partial charge on any atom is 0.142 e. The third-order valence-electron chi connectivity index (χ3n) is 3.86. The van der Waals surface area contributed by atoms with E-state index in [0.29, 0.717) is 16.7 Å². The van der Waals surface area contributed by atoms with Gasteiger partial charge in [0.05, 0.1) is 11.6 Å². The van der Waals surface area contributed by atoms with Gasteiger partial charge in [-0.25, -0.2) is 0 Å². The summed E-state index contributed by atoms with van der Waals surface area (Å²) >= 11 is 12.4. The Labute approximate surface area is 143 Å². The average Bonchev–Trinajstić information content (AvgIpc) is 2.51. The van der Waals surface area contributed by atoms with Crippen LogP contribution in [-0.2, 0) is 6.54 Å². The molecule has 0 bridgehead atoms. The number of hydrogen-bond acceptors (Lipinski definition) is 2. The fourth-order valence-corrected chi connectivity index (χ4v) is 3.30. The van der Waals surface area contributed by atoms with E-state index in [1.807, 2.05) is 6.07 Å². The van der Waals surface area contributed by atoms with Crippen LogP contribution in [0.3, 0.4) is 0 Å². The van der Waals surface area contributed by atoms with Crippen molar-refractivity contribution in [2.45, 2.75) is 52.0 Å². The largest absolute Gasteiger partial charge is 0.492 e. The number of rotatable bonds is 8. The molecule has 1 aromatic rings. The topological polar surface area (TPSA) is 21.3 Å². The smallest absolute Gasteiger partial charge is 0.142 e. The maximum absolute atomic E-state index is 6.26. The van der Waals surface area contributed by atoms with E-state index in [1.165, 1.54) is 25.7 Å². The van der Waals surface area contributed by atoms with Gasteiger partial charge in [0, 0.05) is 17.1 Å². The summed E-state index contributed by atoms with van der Waals surface area (Å²) < 4.78 is 5.78. The van der Waals surface area contributed by atoms with Crippen molar-refractivity contribution in [1.82, 2.24) is 5.32 Å². The number of nitrogens with one attached hydrogen (secondary N) is 1. The predicted octanol–water partition coefficient (Wildman–Crippen LogP) is 5.76. The molecule has 2 rings (SSSR count). The molecule has 0 saturated heterocycles. The van der Waals surface area contributed by atoms with Gasteiger partial charge in [0.1, 0.15) is 5.75 Å². The van der Waals surface area contributed by atoms with Gasteiger partial charge in [-0.05, 0) is 57.2 Å². The number of ether oxygens (including phenoxy) is 1. The summed E-state index contributed by atoms with van der Waals surface area (Å²) in [4.78, 5) is 0. The first-order valence-electron chi connectivity index (χ1n) is 8.20. The first-order valence-corrected chi connectivity index (χ1v) is 8.95. The standard InChI is InChI=1S/C18H25Cl2NO/c1-2-10-22-18-15(11-16(19)12-17(18)20)13-21-9-8-14-6-4-3-5-7-14/h6,11-12,21H,2-5,7-10,13H2,1H3. The summed E-state index contributed by atoms with van der Waals surface area (Å²) in [6.07, 6.45) is 9.67. The first kappa shape index (κ1) is 17.7. The molecular weight excluding hydrogens is 317 g/mol. The van der Waals surface area contributed by atoms with Crippen LogP contribution < -0.4 is 10.1 Å². The van der Waals surface area contributed by atoms with Crippen molar-refractivity contribution in [2.75, 3.05) is 13.2 Å². The van der Waals surface area contributed by atoms with Gasteiger partial charge in [-0.1, -0.05) is 41.8 Å². The van der Waals surface area contributed by atoms with Gasteiger partial charge >= 0.3 is 0 Å². The summed E-state index contributed by atoms with van der Waals surface area (Å²) in [6, 6.07) is 3.68. The molecule has 0 heterocycles. The fraction of sp³-hybridized carbons (Fsp3) is 0.556. The van der Waals surface area contributed by atoms with Crippen molar-refractivity contribution < 1.29 is 4.74 Å². The highest BCUT2D eigenvalue weighted by molar-refractivity contribution is 6.35. The van der Waals surface area contributed by atoms with Gasteiger partial charge in [-0.15, -0.1) is 0 Å². The zero-order valence-electron chi connectivity index (χ0n) is 13.3. The lowest BCUT2D eigenvalue weighted by Crippen LogP contribution is -2.16. The van der Waals surface area contributed by atoms with Crippen molar-refractivity contribution >= 4 is 23.2 Å². The summed E-state index contributed by atoms with van der Waals surface area (Å²) in [6.45, 7) is 4.46. The molecule has 0 amide bonds. The third kappa shape index (κ3) is 5.49. The van der Waals surface area contributed by atoms with E-state index in [4.69, 9.17) is 27.9 Å². The summed E-state index contributed by atoms with van der Waals surface area (Å²) in [5.41, 5.74) is 2.62. The molecule has 0 aromatic heterocycles. The molecule has 0 spiro atoms. The Balaban J connectivity index is 1.89. The molecule has 0 aliphatic heterocycles. The minimum atomic E-state index is 0.590. The zero-order valence-corrected chi connectivity index (χ0v) is 14.8. The van der Waals surface area contributed by atoms with Crippen LogP contribution in [-0.4, -0.2) is 13.2 Å². The lowest BCUT2D eigenvalue weighted by molar-refractivity contribution is 0.313. The van der Waals surface area contributed by atoms with E-state index in [9.17, 15) is 0 Å². The van der Waals surface area contributed by atoms with Crippen molar-refractivity contribution in [3.8, 4) is 5.75 Å². The van der Waals surface area contributed by atoms with Crippen molar-refractivity contribution in [1.29, 1.82) is 0 Å². The number of halogens is 2. The second-order valence-electron chi connectivity index (χ2n) is 5.76. The Morgan fingerprint density at radius 1 is 1.23 bits per heavy atom. The monoisotopic (exact) mass is 341 g/mol. The van der Waals surface area contributed by atoms with Crippen LogP contribution >= 0.6 is 23.2 Å². The Morgan fingerprint density at radius 2 is 2.09 bits per heavy atom. The lowest BCUT2D eigenvalue weighted by Gasteiger charge is -2.15. The van der Waals surface area contributed by atoms with Crippen molar-refractivity contribution in [3.05, 3.63) is 39.4 Å². The molecule has 1 N–H and O–H groups in total. The molecule has 1 aliphatic carbocycles. The second kappa shape index (κ2) is 9.44. The normalized spacial score (nSPS) is 14.8. The Bertz CT molecular complexity index is 514. The van der Waals surface area contributed by atoms with Gasteiger partial charge in [-0.2, -0.15) is 0 Å². The highest BCUT2D eigenvalue weighted by atomic mass is 35.5. The SMILES string of the molecule is CCCOc1c(Cl)cc(Cl)cc1CNCCC1=CCCCC1. The van der Waals surface area contributed by atoms with E-state index >= 15 is 0 Å². The molecular formula is C18H25Cl2NO. The minimum Gasteiger partial charge on any atom is -0.492 e. The average molecular weight is 342 g/mol. The first-order chi connectivity index (χ1) is 10.7. The van der Waals surface area contributed by atoms with Gasteiger partial charge in [0.15, 0.2) is 0 Å². The third-order valence-corrected chi connectivity index (χ3v) is 4.36. The number of allylic oxidation sites excluding steroid dienone is 1. The van der Waals surface area contributed by atoms with E-state index in [1.54, 1.807) is 11.6 Å². The molecule has 122 valence electrons. The molecule has 0 fully saturated rings. The van der Waals surface area contributed by atoms with Crippen LogP contribution in [0.15, 0.2) is 23.8 Å².